The van der Waals surface area contributed by atoms with E-state index < -0.39 is 0 Å². The third-order valence-electron chi connectivity index (χ3n) is 3.75. The lowest BCUT2D eigenvalue weighted by Crippen LogP contribution is -2.25. The minimum atomic E-state index is -0.124. The number of nitrogens with zero attached hydrogens (tertiary/aromatic N) is 3. The summed E-state index contributed by atoms with van der Waals surface area (Å²) in [4.78, 5) is 16.5. The third kappa shape index (κ3) is 2.84. The second-order valence-corrected chi connectivity index (χ2v) is 5.78. The van der Waals surface area contributed by atoms with Crippen molar-refractivity contribution in [3.05, 3.63) is 62.3 Å². The van der Waals surface area contributed by atoms with Gasteiger partial charge in [-0.1, -0.05) is 17.7 Å². The molecule has 1 heterocycles. The van der Waals surface area contributed by atoms with Gasteiger partial charge in [0, 0.05) is 12.0 Å². The maximum atomic E-state index is 12.2. The fourth-order valence-corrected chi connectivity index (χ4v) is 2.60. The van der Waals surface area contributed by atoms with Gasteiger partial charge >= 0.3 is 0 Å². The lowest BCUT2D eigenvalue weighted by atomic mass is 10.1. The van der Waals surface area contributed by atoms with E-state index in [1.54, 1.807) is 10.6 Å². The van der Waals surface area contributed by atoms with E-state index in [0.717, 1.165) is 29.8 Å². The van der Waals surface area contributed by atoms with Gasteiger partial charge in [0.25, 0.3) is 5.56 Å². The van der Waals surface area contributed by atoms with E-state index in [9.17, 15) is 4.79 Å². The first-order valence-corrected chi connectivity index (χ1v) is 7.23. The molecule has 1 aromatic carbocycles. The van der Waals surface area contributed by atoms with Crippen LogP contribution in [-0.2, 0) is 6.54 Å². The first-order valence-electron chi connectivity index (χ1n) is 6.85. The number of benzene rings is 1. The highest BCUT2D eigenvalue weighted by atomic mass is 35.5. The van der Waals surface area contributed by atoms with Gasteiger partial charge in [0.05, 0.1) is 18.2 Å². The van der Waals surface area contributed by atoms with Gasteiger partial charge in [0.15, 0.2) is 0 Å². The Morgan fingerprint density at radius 2 is 2.19 bits per heavy atom. The zero-order valence-corrected chi connectivity index (χ0v) is 12.4. The molecule has 3 rings (SSSR count). The van der Waals surface area contributed by atoms with Crippen LogP contribution in [0.5, 0.6) is 0 Å². The van der Waals surface area contributed by atoms with Crippen molar-refractivity contribution in [1.29, 1.82) is 5.26 Å². The smallest absolute Gasteiger partial charge is 0.255 e. The lowest BCUT2D eigenvalue weighted by molar-refractivity contribution is 0.667. The average molecular weight is 300 g/mol. The predicted octanol–water partition coefficient (Wildman–Crippen LogP) is 3.00. The van der Waals surface area contributed by atoms with E-state index in [1.807, 2.05) is 19.1 Å². The fraction of sp³-hybridized carbons (Fsp3) is 0.312. The SMILES string of the molecule is Cc1cc(C#N)ccc1Cn1c(C2CC2)nc(Cl)cc1=O. The van der Waals surface area contributed by atoms with Gasteiger partial charge in [-0.05, 0) is 43.0 Å². The van der Waals surface area contributed by atoms with Crippen molar-refractivity contribution >= 4 is 11.6 Å². The van der Waals surface area contributed by atoms with Gasteiger partial charge in [-0.3, -0.25) is 9.36 Å². The molecule has 0 aliphatic heterocycles. The van der Waals surface area contributed by atoms with E-state index in [-0.39, 0.29) is 10.7 Å². The summed E-state index contributed by atoms with van der Waals surface area (Å²) >= 11 is 5.91. The number of nitriles is 1. The Balaban J connectivity index is 2.02. The van der Waals surface area contributed by atoms with E-state index >= 15 is 0 Å². The van der Waals surface area contributed by atoms with Gasteiger partial charge < -0.3 is 0 Å². The topological polar surface area (TPSA) is 58.7 Å². The maximum Gasteiger partial charge on any atom is 0.255 e. The van der Waals surface area contributed by atoms with Crippen LogP contribution in [0.1, 0.15) is 41.3 Å². The van der Waals surface area contributed by atoms with Crippen LogP contribution < -0.4 is 5.56 Å². The molecule has 0 spiro atoms. The molecule has 0 saturated heterocycles. The molecule has 1 aromatic heterocycles. The van der Waals surface area contributed by atoms with E-state index in [1.165, 1.54) is 6.07 Å². The van der Waals surface area contributed by atoms with Crippen molar-refractivity contribution in [2.45, 2.75) is 32.2 Å². The molecule has 0 radical (unpaired) electrons. The predicted molar refractivity (Wildman–Crippen MR) is 80.5 cm³/mol. The molecule has 0 N–H and O–H groups in total. The van der Waals surface area contributed by atoms with Crippen LogP contribution >= 0.6 is 11.6 Å². The Morgan fingerprint density at radius 1 is 1.43 bits per heavy atom. The molecule has 1 fully saturated rings. The second-order valence-electron chi connectivity index (χ2n) is 5.39. The summed E-state index contributed by atoms with van der Waals surface area (Å²) < 4.78 is 1.69. The first-order chi connectivity index (χ1) is 10.1. The van der Waals surface area contributed by atoms with Crippen LogP contribution in [0.2, 0.25) is 5.15 Å². The Labute approximate surface area is 127 Å². The summed E-state index contributed by atoms with van der Waals surface area (Å²) in [5, 5.41) is 9.17. The van der Waals surface area contributed by atoms with Gasteiger partial charge in [0.2, 0.25) is 0 Å². The molecule has 1 aliphatic carbocycles. The minimum Gasteiger partial charge on any atom is -0.292 e. The molecule has 0 unspecified atom stereocenters. The number of hydrogen-bond donors (Lipinski definition) is 0. The number of hydrogen-bond acceptors (Lipinski definition) is 3. The normalized spacial score (nSPS) is 14.0. The molecule has 0 atom stereocenters. The van der Waals surface area contributed by atoms with Crippen LogP contribution in [0.4, 0.5) is 0 Å². The molecule has 5 heteroatoms. The van der Waals surface area contributed by atoms with Gasteiger partial charge in [-0.2, -0.15) is 5.26 Å². The van der Waals surface area contributed by atoms with Crippen LogP contribution in [-0.4, -0.2) is 9.55 Å². The highest BCUT2D eigenvalue weighted by molar-refractivity contribution is 6.29. The Kier molecular flexibility index (Phi) is 3.52. The summed E-state index contributed by atoms with van der Waals surface area (Å²) in [7, 11) is 0. The Bertz CT molecular complexity index is 800. The van der Waals surface area contributed by atoms with Crippen molar-refractivity contribution in [2.24, 2.45) is 0 Å². The van der Waals surface area contributed by atoms with E-state index in [2.05, 4.69) is 11.1 Å². The monoisotopic (exact) mass is 299 g/mol. The standard InChI is InChI=1S/C16H14ClN3O/c1-10-6-11(8-18)2-3-13(10)9-20-15(21)7-14(17)19-16(20)12-4-5-12/h2-3,6-7,12H,4-5,9H2,1H3. The zero-order valence-electron chi connectivity index (χ0n) is 11.6. The zero-order chi connectivity index (χ0) is 15.0. The molecular formula is C16H14ClN3O. The molecule has 2 aromatic rings. The molecule has 1 aliphatic rings. The van der Waals surface area contributed by atoms with Crippen LogP contribution in [0.3, 0.4) is 0 Å². The molecule has 0 bridgehead atoms. The first kappa shape index (κ1) is 13.8. The van der Waals surface area contributed by atoms with E-state index in [4.69, 9.17) is 16.9 Å². The van der Waals surface area contributed by atoms with E-state index in [0.29, 0.717) is 18.0 Å². The quantitative estimate of drug-likeness (QED) is 0.819. The minimum absolute atomic E-state index is 0.124. The third-order valence-corrected chi connectivity index (χ3v) is 3.94. The molecule has 0 amide bonds. The van der Waals surface area contributed by atoms with Gasteiger partial charge in [0.1, 0.15) is 11.0 Å². The molecule has 1 saturated carbocycles. The highest BCUT2D eigenvalue weighted by Gasteiger charge is 2.29. The molecule has 21 heavy (non-hydrogen) atoms. The number of aromatic nitrogens is 2. The number of halogens is 1. The van der Waals surface area contributed by atoms with Crippen molar-refractivity contribution in [2.75, 3.05) is 0 Å². The van der Waals surface area contributed by atoms with Crippen molar-refractivity contribution in [1.82, 2.24) is 9.55 Å². The summed E-state index contributed by atoms with van der Waals surface area (Å²) in [5.74, 6) is 1.12. The maximum absolute atomic E-state index is 12.2. The highest BCUT2D eigenvalue weighted by Crippen LogP contribution is 2.39. The average Bonchev–Trinajstić information content (AvgIpc) is 3.27. The van der Waals surface area contributed by atoms with Crippen molar-refractivity contribution in [3.63, 3.8) is 0 Å². The Morgan fingerprint density at radius 3 is 2.81 bits per heavy atom. The van der Waals surface area contributed by atoms with Gasteiger partial charge in [-0.15, -0.1) is 0 Å². The molecule has 4 nitrogen and oxygen atoms in total. The number of aryl methyl sites for hydroxylation is 1. The molecule has 106 valence electrons. The second kappa shape index (κ2) is 5.34. The lowest BCUT2D eigenvalue weighted by Gasteiger charge is -2.13. The fourth-order valence-electron chi connectivity index (χ4n) is 2.42. The largest absolute Gasteiger partial charge is 0.292 e. The molecular weight excluding hydrogens is 286 g/mol. The van der Waals surface area contributed by atoms with Crippen LogP contribution in [0, 0.1) is 18.3 Å². The summed E-state index contributed by atoms with van der Waals surface area (Å²) in [6, 6.07) is 8.97. The van der Waals surface area contributed by atoms with Crippen LogP contribution in [0.15, 0.2) is 29.1 Å². The van der Waals surface area contributed by atoms with Crippen molar-refractivity contribution < 1.29 is 0 Å². The van der Waals surface area contributed by atoms with Crippen LogP contribution in [0.25, 0.3) is 0 Å². The Hall–Kier alpha value is -2.12. The number of rotatable bonds is 3. The summed E-state index contributed by atoms with van der Waals surface area (Å²) in [6.45, 7) is 2.41. The summed E-state index contributed by atoms with van der Waals surface area (Å²) in [5.41, 5.74) is 2.51. The van der Waals surface area contributed by atoms with Crippen molar-refractivity contribution in [3.8, 4) is 6.07 Å². The summed E-state index contributed by atoms with van der Waals surface area (Å²) in [6.07, 6.45) is 2.11. The van der Waals surface area contributed by atoms with Gasteiger partial charge in [-0.25, -0.2) is 4.98 Å².